The summed E-state index contributed by atoms with van der Waals surface area (Å²) in [6, 6.07) is -0.949. The molecule has 1 fully saturated rings. The third kappa shape index (κ3) is 38.9. The molecule has 0 aromatic carbocycles. The van der Waals surface area contributed by atoms with Gasteiger partial charge in [0.15, 0.2) is 6.29 Å². The molecule has 412 valence electrons. The van der Waals surface area contributed by atoms with Gasteiger partial charge in [0.2, 0.25) is 5.91 Å². The lowest BCUT2D eigenvalue weighted by Gasteiger charge is -2.41. The number of hydrogen-bond donors (Lipinski definition) is 6. The zero-order chi connectivity index (χ0) is 51.2. The van der Waals surface area contributed by atoms with Gasteiger partial charge in [0.1, 0.15) is 24.4 Å². The minimum absolute atomic E-state index is 0.260. The molecule has 1 aliphatic heterocycles. The lowest BCUT2D eigenvalue weighted by molar-refractivity contribution is -0.298. The number of amides is 1. The zero-order valence-corrected chi connectivity index (χ0v) is 45.4. The Kier molecular flexibility index (Phi) is 44.6. The van der Waals surface area contributed by atoms with Gasteiger partial charge in [-0.25, -0.2) is 4.18 Å². The summed E-state index contributed by atoms with van der Waals surface area (Å²) in [6.45, 7) is 3.42. The number of hydrogen-bond acceptors (Lipinski definition) is 10. The number of rotatable bonds is 50. The molecule has 12 nitrogen and oxygen atoms in total. The topological polar surface area (TPSA) is 192 Å². The molecule has 1 saturated heterocycles. The van der Waals surface area contributed by atoms with Crippen molar-refractivity contribution in [2.24, 2.45) is 0 Å². The van der Waals surface area contributed by atoms with Crippen molar-refractivity contribution in [3.63, 3.8) is 0 Å². The number of aliphatic hydroxyl groups is 4. The number of ether oxygens (including phenoxy) is 2. The van der Waals surface area contributed by atoms with Gasteiger partial charge in [-0.3, -0.25) is 9.35 Å². The maximum absolute atomic E-state index is 13.1. The summed E-state index contributed by atoms with van der Waals surface area (Å²) in [5, 5.41) is 45.0. The normalized spacial score (nSPS) is 19.8. The van der Waals surface area contributed by atoms with Gasteiger partial charge >= 0.3 is 10.4 Å². The molecule has 1 amide bonds. The minimum Gasteiger partial charge on any atom is -0.394 e. The van der Waals surface area contributed by atoms with E-state index in [-0.39, 0.29) is 18.9 Å². The average Bonchev–Trinajstić information content (AvgIpc) is 3.33. The Morgan fingerprint density at radius 3 is 1.36 bits per heavy atom. The molecule has 1 aliphatic rings. The van der Waals surface area contributed by atoms with Gasteiger partial charge in [-0.1, -0.05) is 243 Å². The molecule has 0 spiro atoms. The van der Waals surface area contributed by atoms with E-state index in [9.17, 15) is 38.2 Å². The van der Waals surface area contributed by atoms with Gasteiger partial charge in [0.25, 0.3) is 0 Å². The first-order valence-electron chi connectivity index (χ1n) is 28.9. The lowest BCUT2D eigenvalue weighted by Crippen LogP contribution is -2.61. The van der Waals surface area contributed by atoms with E-state index in [0.717, 1.165) is 57.8 Å². The first-order chi connectivity index (χ1) is 34.0. The van der Waals surface area contributed by atoms with E-state index in [2.05, 4.69) is 47.7 Å². The molecule has 13 heteroatoms. The molecule has 6 N–H and O–H groups in total. The van der Waals surface area contributed by atoms with E-state index in [0.29, 0.717) is 6.42 Å². The number of carbonyl (C=O) groups is 1. The van der Waals surface area contributed by atoms with Crippen LogP contribution in [0.4, 0.5) is 0 Å². The van der Waals surface area contributed by atoms with Crippen molar-refractivity contribution in [1.82, 2.24) is 5.32 Å². The van der Waals surface area contributed by atoms with Gasteiger partial charge in [-0.2, -0.15) is 8.42 Å². The Bertz CT molecular complexity index is 1380. The predicted octanol–water partition coefficient (Wildman–Crippen LogP) is 13.4. The molecular weight excluding hydrogens is 907 g/mol. The van der Waals surface area contributed by atoms with E-state index in [1.54, 1.807) is 6.08 Å². The van der Waals surface area contributed by atoms with Crippen molar-refractivity contribution < 1.29 is 51.8 Å². The molecular formula is C57H107NO11S. The molecule has 0 radical (unpaired) electrons. The SMILES string of the molecule is CCCCCCCCCCC/C=C\C/C=C\CCCCCCCCCC(=O)NC(COC1OC(CO)C(O)C(OS(=O)(=O)O)C1O)C(O)/C=C/CCCCCCCCCCCCCCCCCCCC. The Hall–Kier alpha value is -1.68. The van der Waals surface area contributed by atoms with Crippen LogP contribution in [-0.2, 0) is 28.9 Å². The lowest BCUT2D eigenvalue weighted by atomic mass is 9.99. The van der Waals surface area contributed by atoms with Crippen molar-refractivity contribution in [1.29, 1.82) is 0 Å². The standard InChI is InChI=1S/C57H107NO11S/c1-3-5-7-9-11-13-15-17-19-21-23-25-26-27-29-31-33-35-37-39-41-43-45-47-53(61)58-50(49-67-57-55(63)56(69-70(64,65)66)54(62)52(48-59)68-57)51(60)46-44-42-40-38-36-34-32-30-28-24-22-20-18-16-14-12-10-8-6-4-2/h23,25,27,29,44,46,50-52,54-57,59-60,62-63H,3-22,24,26,28,30-43,45,47-49H2,1-2H3,(H,58,61)(H,64,65,66)/b25-23-,29-27-,46-44+. The number of nitrogens with one attached hydrogen (secondary N) is 1. The third-order valence-electron chi connectivity index (χ3n) is 13.7. The highest BCUT2D eigenvalue weighted by molar-refractivity contribution is 7.80. The fourth-order valence-corrected chi connectivity index (χ4v) is 9.70. The Morgan fingerprint density at radius 2 is 0.957 bits per heavy atom. The van der Waals surface area contributed by atoms with Crippen LogP contribution in [-0.4, -0.2) is 95.4 Å². The van der Waals surface area contributed by atoms with Crippen LogP contribution in [0, 0.1) is 0 Å². The van der Waals surface area contributed by atoms with Crippen LogP contribution in [0.5, 0.6) is 0 Å². The first kappa shape index (κ1) is 66.3. The van der Waals surface area contributed by atoms with Crippen LogP contribution in [0.1, 0.15) is 264 Å². The third-order valence-corrected chi connectivity index (χ3v) is 14.1. The van der Waals surface area contributed by atoms with Crippen LogP contribution in [0.2, 0.25) is 0 Å². The van der Waals surface area contributed by atoms with Crippen LogP contribution in [0.25, 0.3) is 0 Å². The van der Waals surface area contributed by atoms with Crippen molar-refractivity contribution >= 4 is 16.3 Å². The highest BCUT2D eigenvalue weighted by atomic mass is 32.3. The highest BCUT2D eigenvalue weighted by Gasteiger charge is 2.48. The van der Waals surface area contributed by atoms with Gasteiger partial charge in [0.05, 0.1) is 25.4 Å². The number of allylic oxidation sites excluding steroid dienone is 5. The molecule has 0 aliphatic carbocycles. The van der Waals surface area contributed by atoms with Crippen LogP contribution >= 0.6 is 0 Å². The van der Waals surface area contributed by atoms with Crippen LogP contribution in [0.3, 0.4) is 0 Å². The first-order valence-corrected chi connectivity index (χ1v) is 30.2. The van der Waals surface area contributed by atoms with Crippen LogP contribution in [0.15, 0.2) is 36.5 Å². The number of unbranched alkanes of at least 4 members (excludes halogenated alkanes) is 34. The van der Waals surface area contributed by atoms with Crippen molar-refractivity contribution in [2.75, 3.05) is 13.2 Å². The fraction of sp³-hybridized carbons (Fsp3) is 0.877. The van der Waals surface area contributed by atoms with Crippen molar-refractivity contribution in [3.8, 4) is 0 Å². The van der Waals surface area contributed by atoms with Gasteiger partial charge in [-0.15, -0.1) is 0 Å². The Morgan fingerprint density at radius 1 is 0.571 bits per heavy atom. The molecule has 7 unspecified atom stereocenters. The minimum atomic E-state index is -5.09. The highest BCUT2D eigenvalue weighted by Crippen LogP contribution is 2.26. The second-order valence-electron chi connectivity index (χ2n) is 20.2. The van der Waals surface area contributed by atoms with Crippen LogP contribution < -0.4 is 5.32 Å². The second-order valence-corrected chi connectivity index (χ2v) is 21.3. The Balaban J connectivity index is 2.40. The van der Waals surface area contributed by atoms with Crippen molar-refractivity contribution in [2.45, 2.75) is 307 Å². The predicted molar refractivity (Wildman–Crippen MR) is 287 cm³/mol. The quantitative estimate of drug-likeness (QED) is 0.0193. The second kappa shape index (κ2) is 47.1. The summed E-state index contributed by atoms with van der Waals surface area (Å²) in [7, 11) is -5.09. The monoisotopic (exact) mass is 1010 g/mol. The number of carbonyl (C=O) groups excluding carboxylic acids is 1. The summed E-state index contributed by atoms with van der Waals surface area (Å²) in [5.41, 5.74) is 0. The maximum Gasteiger partial charge on any atom is 0.397 e. The summed E-state index contributed by atoms with van der Waals surface area (Å²) in [6.07, 6.45) is 50.4. The largest absolute Gasteiger partial charge is 0.397 e. The van der Waals surface area contributed by atoms with Gasteiger partial charge < -0.3 is 35.2 Å². The number of aliphatic hydroxyl groups excluding tert-OH is 4. The smallest absolute Gasteiger partial charge is 0.394 e. The molecule has 1 rings (SSSR count). The molecule has 7 atom stereocenters. The maximum atomic E-state index is 13.1. The zero-order valence-electron chi connectivity index (χ0n) is 44.6. The van der Waals surface area contributed by atoms with E-state index >= 15 is 0 Å². The summed E-state index contributed by atoms with van der Waals surface area (Å²) >= 11 is 0. The van der Waals surface area contributed by atoms with Gasteiger partial charge in [0, 0.05) is 6.42 Å². The Labute approximate surface area is 428 Å². The summed E-state index contributed by atoms with van der Waals surface area (Å²) in [4.78, 5) is 13.1. The summed E-state index contributed by atoms with van der Waals surface area (Å²) < 4.78 is 47.8. The molecule has 70 heavy (non-hydrogen) atoms. The van der Waals surface area contributed by atoms with E-state index in [1.165, 1.54) is 180 Å². The van der Waals surface area contributed by atoms with Crippen molar-refractivity contribution in [3.05, 3.63) is 36.5 Å². The molecule has 0 aromatic heterocycles. The molecule has 0 saturated carbocycles. The van der Waals surface area contributed by atoms with E-state index in [1.807, 2.05) is 6.08 Å². The molecule has 1 heterocycles. The summed E-state index contributed by atoms with van der Waals surface area (Å²) in [5.74, 6) is -0.268. The fourth-order valence-electron chi connectivity index (χ4n) is 9.19. The molecule has 0 bridgehead atoms. The average molecular weight is 1010 g/mol. The molecule has 0 aromatic rings. The van der Waals surface area contributed by atoms with E-state index < -0.39 is 59.9 Å². The van der Waals surface area contributed by atoms with Gasteiger partial charge in [-0.05, 0) is 51.4 Å². The van der Waals surface area contributed by atoms with E-state index in [4.69, 9.17) is 9.47 Å².